The molecule has 9 nitrogen and oxygen atoms in total. The number of pyridine rings is 1. The number of carbonyl (C=O) groups excluding carboxylic acids is 1. The van der Waals surface area contributed by atoms with Gasteiger partial charge in [-0.3, -0.25) is 19.6 Å². The fourth-order valence-corrected chi connectivity index (χ4v) is 2.45. The van der Waals surface area contributed by atoms with E-state index in [1.807, 2.05) is 18.2 Å². The van der Waals surface area contributed by atoms with Crippen LogP contribution in [0, 0.1) is 0 Å². The zero-order valence-electron chi connectivity index (χ0n) is 13.8. The van der Waals surface area contributed by atoms with Gasteiger partial charge in [0.25, 0.3) is 5.91 Å². The van der Waals surface area contributed by atoms with Gasteiger partial charge in [0.1, 0.15) is 17.1 Å². The molecule has 4 aromatic heterocycles. The molecule has 0 aliphatic heterocycles. The summed E-state index contributed by atoms with van der Waals surface area (Å²) in [6.45, 7) is 0. The van der Waals surface area contributed by atoms with Gasteiger partial charge < -0.3 is 5.32 Å². The van der Waals surface area contributed by atoms with Gasteiger partial charge in [-0.05, 0) is 24.3 Å². The molecule has 0 spiro atoms. The van der Waals surface area contributed by atoms with E-state index in [-0.39, 0.29) is 11.6 Å². The Morgan fingerprint density at radius 1 is 1.12 bits per heavy atom. The second-order valence-corrected chi connectivity index (χ2v) is 5.47. The summed E-state index contributed by atoms with van der Waals surface area (Å²) < 4.78 is 1.62. The average molecular weight is 346 g/mol. The molecular formula is C17H14N8O. The number of H-pyrrole nitrogens is 1. The molecule has 128 valence electrons. The molecule has 0 unspecified atom stereocenters. The maximum atomic E-state index is 12.6. The van der Waals surface area contributed by atoms with Crippen LogP contribution in [0.5, 0.6) is 0 Å². The van der Waals surface area contributed by atoms with Crippen molar-refractivity contribution in [1.29, 1.82) is 0 Å². The summed E-state index contributed by atoms with van der Waals surface area (Å²) in [4.78, 5) is 25.4. The Bertz CT molecular complexity index is 1040. The molecule has 1 amide bonds. The lowest BCUT2D eigenvalue weighted by molar-refractivity contribution is 0.102. The summed E-state index contributed by atoms with van der Waals surface area (Å²) in [6, 6.07) is 8.80. The van der Waals surface area contributed by atoms with Crippen molar-refractivity contribution >= 4 is 11.6 Å². The van der Waals surface area contributed by atoms with Gasteiger partial charge >= 0.3 is 0 Å². The second kappa shape index (κ2) is 6.55. The van der Waals surface area contributed by atoms with Crippen molar-refractivity contribution in [2.24, 2.45) is 7.05 Å². The highest BCUT2D eigenvalue weighted by Crippen LogP contribution is 2.24. The summed E-state index contributed by atoms with van der Waals surface area (Å²) in [6.07, 6.45) is 6.52. The Morgan fingerprint density at radius 2 is 2.04 bits per heavy atom. The highest BCUT2D eigenvalue weighted by Gasteiger charge is 2.16. The van der Waals surface area contributed by atoms with Crippen molar-refractivity contribution in [3.8, 4) is 22.9 Å². The molecule has 0 aliphatic carbocycles. The van der Waals surface area contributed by atoms with Gasteiger partial charge in [0.2, 0.25) is 0 Å². The molecule has 9 heteroatoms. The molecule has 0 fully saturated rings. The van der Waals surface area contributed by atoms with Gasteiger partial charge in [-0.15, -0.1) is 0 Å². The first-order valence-electron chi connectivity index (χ1n) is 7.80. The fraction of sp³-hybridized carbons (Fsp3) is 0.0588. The van der Waals surface area contributed by atoms with Crippen LogP contribution < -0.4 is 5.32 Å². The smallest absolute Gasteiger partial charge is 0.274 e. The molecule has 26 heavy (non-hydrogen) atoms. The SMILES string of the molecule is Cn1cc(NC(=O)c2ccnc(-c3ccn[nH]3)n2)c(-c2ccccn2)n1. The number of hydrogen-bond donors (Lipinski definition) is 2. The van der Waals surface area contributed by atoms with Crippen molar-refractivity contribution in [2.75, 3.05) is 5.32 Å². The Morgan fingerprint density at radius 3 is 2.81 bits per heavy atom. The van der Waals surface area contributed by atoms with Crippen molar-refractivity contribution in [3.05, 3.63) is 60.8 Å². The van der Waals surface area contributed by atoms with E-state index >= 15 is 0 Å². The van der Waals surface area contributed by atoms with Gasteiger partial charge in [-0.2, -0.15) is 10.2 Å². The number of amides is 1. The highest BCUT2D eigenvalue weighted by atomic mass is 16.1. The van der Waals surface area contributed by atoms with E-state index in [9.17, 15) is 4.79 Å². The van der Waals surface area contributed by atoms with E-state index < -0.39 is 0 Å². The Hall–Kier alpha value is -3.88. The van der Waals surface area contributed by atoms with Gasteiger partial charge in [-0.1, -0.05) is 6.07 Å². The van der Waals surface area contributed by atoms with Gasteiger partial charge in [0.15, 0.2) is 5.82 Å². The van der Waals surface area contributed by atoms with Gasteiger partial charge in [-0.25, -0.2) is 9.97 Å². The van der Waals surface area contributed by atoms with Gasteiger partial charge in [0, 0.05) is 31.8 Å². The summed E-state index contributed by atoms with van der Waals surface area (Å²) in [7, 11) is 1.78. The molecule has 0 atom stereocenters. The lowest BCUT2D eigenvalue weighted by Gasteiger charge is -2.05. The van der Waals surface area contributed by atoms with E-state index in [0.717, 1.165) is 0 Å². The number of aromatic nitrogens is 7. The summed E-state index contributed by atoms with van der Waals surface area (Å²) in [5, 5.41) is 13.9. The Labute approximate surface area is 148 Å². The van der Waals surface area contributed by atoms with E-state index in [1.165, 1.54) is 6.20 Å². The minimum Gasteiger partial charge on any atom is -0.317 e. The van der Waals surface area contributed by atoms with Crippen LogP contribution in [0.25, 0.3) is 22.9 Å². The number of anilines is 1. The predicted octanol–water partition coefficient (Wildman–Crippen LogP) is 1.91. The van der Waals surface area contributed by atoms with Crippen LogP contribution in [0.1, 0.15) is 10.5 Å². The number of aryl methyl sites for hydroxylation is 1. The van der Waals surface area contributed by atoms with Crippen LogP contribution >= 0.6 is 0 Å². The lowest BCUT2D eigenvalue weighted by Crippen LogP contribution is -2.14. The van der Waals surface area contributed by atoms with Crippen LogP contribution in [0.4, 0.5) is 5.69 Å². The number of rotatable bonds is 4. The number of nitrogens with one attached hydrogen (secondary N) is 2. The molecule has 0 saturated carbocycles. The number of nitrogens with zero attached hydrogens (tertiary/aromatic N) is 6. The molecule has 0 radical (unpaired) electrons. The monoisotopic (exact) mass is 346 g/mol. The minimum atomic E-state index is -0.363. The third-order valence-electron chi connectivity index (χ3n) is 3.61. The molecule has 4 rings (SSSR count). The van der Waals surface area contributed by atoms with Crippen molar-refractivity contribution in [2.45, 2.75) is 0 Å². The standard InChI is InChI=1S/C17H14N8O/c1-25-10-14(15(24-25)11-4-2-3-7-18-11)22-17(26)13-5-8-19-16(21-13)12-6-9-20-23-12/h2-10H,1H3,(H,20,23)(H,22,26). The Balaban J connectivity index is 1.63. The number of hydrogen-bond acceptors (Lipinski definition) is 6. The first-order chi connectivity index (χ1) is 12.7. The third-order valence-corrected chi connectivity index (χ3v) is 3.61. The number of carbonyl (C=O) groups is 1. The first kappa shape index (κ1) is 15.6. The summed E-state index contributed by atoms with van der Waals surface area (Å²) >= 11 is 0. The van der Waals surface area contributed by atoms with E-state index in [4.69, 9.17) is 0 Å². The van der Waals surface area contributed by atoms with Gasteiger partial charge in [0.05, 0.1) is 11.4 Å². The molecule has 4 heterocycles. The average Bonchev–Trinajstić information content (AvgIpc) is 3.32. The van der Waals surface area contributed by atoms with Crippen LogP contribution in [0.3, 0.4) is 0 Å². The minimum absolute atomic E-state index is 0.237. The molecule has 0 bridgehead atoms. The fourth-order valence-electron chi connectivity index (χ4n) is 2.45. The molecule has 0 aromatic carbocycles. The zero-order valence-corrected chi connectivity index (χ0v) is 13.8. The Kier molecular flexibility index (Phi) is 3.94. The van der Waals surface area contributed by atoms with Crippen LogP contribution in [-0.2, 0) is 7.05 Å². The molecular weight excluding hydrogens is 332 g/mol. The van der Waals surface area contributed by atoms with Crippen molar-refractivity contribution in [1.82, 2.24) is 34.9 Å². The molecule has 2 N–H and O–H groups in total. The lowest BCUT2D eigenvalue weighted by atomic mass is 10.2. The largest absolute Gasteiger partial charge is 0.317 e. The van der Waals surface area contributed by atoms with Crippen molar-refractivity contribution < 1.29 is 4.79 Å². The maximum absolute atomic E-state index is 12.6. The normalized spacial score (nSPS) is 10.7. The highest BCUT2D eigenvalue weighted by molar-refractivity contribution is 6.04. The van der Waals surface area contributed by atoms with E-state index in [0.29, 0.717) is 28.6 Å². The molecule has 0 aliphatic rings. The topological polar surface area (TPSA) is 114 Å². The van der Waals surface area contributed by atoms with E-state index in [2.05, 4.69) is 35.6 Å². The first-order valence-corrected chi connectivity index (χ1v) is 7.80. The summed E-state index contributed by atoms with van der Waals surface area (Å²) in [5.41, 5.74) is 2.68. The van der Waals surface area contributed by atoms with Crippen LogP contribution in [0.15, 0.2) is 55.1 Å². The molecule has 4 aromatic rings. The zero-order chi connectivity index (χ0) is 17.9. The van der Waals surface area contributed by atoms with Crippen LogP contribution in [-0.4, -0.2) is 40.8 Å². The quantitative estimate of drug-likeness (QED) is 0.583. The molecule has 0 saturated heterocycles. The summed E-state index contributed by atoms with van der Waals surface area (Å²) in [5.74, 6) is 0.0321. The predicted molar refractivity (Wildman–Crippen MR) is 94.0 cm³/mol. The number of aromatic amines is 1. The second-order valence-electron chi connectivity index (χ2n) is 5.47. The van der Waals surface area contributed by atoms with Crippen molar-refractivity contribution in [3.63, 3.8) is 0 Å². The third kappa shape index (κ3) is 3.05. The maximum Gasteiger partial charge on any atom is 0.274 e. The van der Waals surface area contributed by atoms with E-state index in [1.54, 1.807) is 42.5 Å². The van der Waals surface area contributed by atoms with Crippen LogP contribution in [0.2, 0.25) is 0 Å².